The summed E-state index contributed by atoms with van der Waals surface area (Å²) in [5, 5.41) is 13.4. The summed E-state index contributed by atoms with van der Waals surface area (Å²) >= 11 is 0. The standard InChI is InChI=1S/C17H14N2O2/c1-11-6-7-13(9-16(11)20)17(21)19-14-8-12-4-2-3-5-15(12)18-10-14/h2-10,20H,1H3,(H,19,21). The van der Waals surface area contributed by atoms with E-state index in [1.54, 1.807) is 25.3 Å². The molecule has 0 unspecified atom stereocenters. The van der Waals surface area contributed by atoms with Gasteiger partial charge in [-0.1, -0.05) is 24.3 Å². The fourth-order valence-corrected chi connectivity index (χ4v) is 2.09. The molecule has 104 valence electrons. The molecule has 0 aliphatic rings. The lowest BCUT2D eigenvalue weighted by Gasteiger charge is -2.07. The van der Waals surface area contributed by atoms with Gasteiger partial charge in [0.25, 0.3) is 5.91 Å². The van der Waals surface area contributed by atoms with Gasteiger partial charge < -0.3 is 10.4 Å². The van der Waals surface area contributed by atoms with Gasteiger partial charge in [0, 0.05) is 10.9 Å². The van der Waals surface area contributed by atoms with Gasteiger partial charge in [-0.3, -0.25) is 9.78 Å². The Kier molecular flexibility index (Phi) is 3.28. The number of benzene rings is 2. The first-order chi connectivity index (χ1) is 10.1. The van der Waals surface area contributed by atoms with E-state index in [0.717, 1.165) is 16.5 Å². The molecule has 3 aromatic rings. The van der Waals surface area contributed by atoms with Crippen molar-refractivity contribution in [2.45, 2.75) is 6.92 Å². The van der Waals surface area contributed by atoms with Gasteiger partial charge in [-0.05, 0) is 36.8 Å². The van der Waals surface area contributed by atoms with Crippen LogP contribution < -0.4 is 5.32 Å². The Morgan fingerprint density at radius 1 is 1.14 bits per heavy atom. The van der Waals surface area contributed by atoms with E-state index in [-0.39, 0.29) is 11.7 Å². The minimum Gasteiger partial charge on any atom is -0.508 e. The second-order valence-electron chi connectivity index (χ2n) is 4.87. The van der Waals surface area contributed by atoms with Crippen LogP contribution in [0.1, 0.15) is 15.9 Å². The third kappa shape index (κ3) is 2.69. The number of phenolic OH excluding ortho intramolecular Hbond substituents is 1. The monoisotopic (exact) mass is 278 g/mol. The minimum absolute atomic E-state index is 0.110. The molecule has 0 aliphatic carbocycles. The number of para-hydroxylation sites is 1. The van der Waals surface area contributed by atoms with Crippen molar-refractivity contribution < 1.29 is 9.90 Å². The van der Waals surface area contributed by atoms with Crippen LogP contribution in [-0.2, 0) is 0 Å². The van der Waals surface area contributed by atoms with E-state index in [1.807, 2.05) is 30.3 Å². The molecule has 4 nitrogen and oxygen atoms in total. The van der Waals surface area contributed by atoms with Crippen molar-refractivity contribution in [3.05, 3.63) is 65.9 Å². The molecule has 3 rings (SSSR count). The summed E-state index contributed by atoms with van der Waals surface area (Å²) in [7, 11) is 0. The molecule has 1 aromatic heterocycles. The predicted octanol–water partition coefficient (Wildman–Crippen LogP) is 3.50. The van der Waals surface area contributed by atoms with Crippen LogP contribution in [0.5, 0.6) is 5.75 Å². The highest BCUT2D eigenvalue weighted by Crippen LogP contribution is 2.20. The first-order valence-corrected chi connectivity index (χ1v) is 6.59. The summed E-state index contributed by atoms with van der Waals surface area (Å²) in [5.41, 5.74) is 2.65. The number of hydrogen-bond donors (Lipinski definition) is 2. The summed E-state index contributed by atoms with van der Waals surface area (Å²) in [6.45, 7) is 1.78. The van der Waals surface area contributed by atoms with Crippen LogP contribution in [0.25, 0.3) is 10.9 Å². The van der Waals surface area contributed by atoms with E-state index >= 15 is 0 Å². The SMILES string of the molecule is Cc1ccc(C(=O)Nc2cnc3ccccc3c2)cc1O. The molecule has 0 bridgehead atoms. The van der Waals surface area contributed by atoms with Gasteiger partial charge in [-0.25, -0.2) is 0 Å². The van der Waals surface area contributed by atoms with Crippen molar-refractivity contribution in [1.29, 1.82) is 0 Å². The molecule has 0 radical (unpaired) electrons. The van der Waals surface area contributed by atoms with Crippen LogP contribution >= 0.6 is 0 Å². The number of nitrogens with zero attached hydrogens (tertiary/aromatic N) is 1. The van der Waals surface area contributed by atoms with Crippen molar-refractivity contribution in [2.24, 2.45) is 0 Å². The Labute approximate surface area is 122 Å². The lowest BCUT2D eigenvalue weighted by atomic mass is 10.1. The van der Waals surface area contributed by atoms with Gasteiger partial charge >= 0.3 is 0 Å². The van der Waals surface area contributed by atoms with Crippen LogP contribution in [0.4, 0.5) is 5.69 Å². The zero-order chi connectivity index (χ0) is 14.8. The Hall–Kier alpha value is -2.88. The molecular weight excluding hydrogens is 264 g/mol. The third-order valence-corrected chi connectivity index (χ3v) is 3.32. The number of carbonyl (C=O) groups is 1. The first-order valence-electron chi connectivity index (χ1n) is 6.59. The molecule has 21 heavy (non-hydrogen) atoms. The van der Waals surface area contributed by atoms with E-state index in [4.69, 9.17) is 0 Å². The molecule has 4 heteroatoms. The third-order valence-electron chi connectivity index (χ3n) is 3.32. The molecule has 2 N–H and O–H groups in total. The van der Waals surface area contributed by atoms with E-state index in [1.165, 1.54) is 6.07 Å². The van der Waals surface area contributed by atoms with Gasteiger partial charge in [-0.15, -0.1) is 0 Å². The molecule has 0 aliphatic heterocycles. The van der Waals surface area contributed by atoms with Gasteiger partial charge in [0.15, 0.2) is 0 Å². The molecular formula is C17H14N2O2. The number of carbonyl (C=O) groups excluding carboxylic acids is 1. The smallest absolute Gasteiger partial charge is 0.255 e. The van der Waals surface area contributed by atoms with Gasteiger partial charge in [0.05, 0.1) is 17.4 Å². The average molecular weight is 278 g/mol. The Bertz CT molecular complexity index is 828. The number of anilines is 1. The highest BCUT2D eigenvalue weighted by atomic mass is 16.3. The summed E-state index contributed by atoms with van der Waals surface area (Å²) in [5.74, 6) is -0.165. The number of hydrogen-bond acceptors (Lipinski definition) is 3. The Balaban J connectivity index is 1.87. The van der Waals surface area contributed by atoms with Gasteiger partial charge in [0.2, 0.25) is 0 Å². The summed E-state index contributed by atoms with van der Waals surface area (Å²) in [6, 6.07) is 14.4. The van der Waals surface area contributed by atoms with Crippen molar-refractivity contribution >= 4 is 22.5 Å². The molecule has 0 atom stereocenters. The van der Waals surface area contributed by atoms with Crippen molar-refractivity contribution in [2.75, 3.05) is 5.32 Å². The maximum Gasteiger partial charge on any atom is 0.255 e. The summed E-state index contributed by atoms with van der Waals surface area (Å²) in [4.78, 5) is 16.5. The fraction of sp³-hybridized carbons (Fsp3) is 0.0588. The summed E-state index contributed by atoms with van der Waals surface area (Å²) in [6.07, 6.45) is 1.62. The molecule has 0 saturated heterocycles. The van der Waals surface area contributed by atoms with Gasteiger partial charge in [0.1, 0.15) is 5.75 Å². The average Bonchev–Trinajstić information content (AvgIpc) is 2.50. The van der Waals surface area contributed by atoms with Crippen LogP contribution in [0.3, 0.4) is 0 Å². The van der Waals surface area contributed by atoms with Crippen LogP contribution in [0.15, 0.2) is 54.7 Å². The summed E-state index contributed by atoms with van der Waals surface area (Å²) < 4.78 is 0. The molecule has 0 spiro atoms. The van der Waals surface area contributed by atoms with Crippen LogP contribution in [0, 0.1) is 6.92 Å². The second kappa shape index (κ2) is 5.25. The first kappa shape index (κ1) is 13.1. The van der Waals surface area contributed by atoms with Crippen molar-refractivity contribution in [3.63, 3.8) is 0 Å². The predicted molar refractivity (Wildman–Crippen MR) is 82.5 cm³/mol. The van der Waals surface area contributed by atoms with Gasteiger partial charge in [-0.2, -0.15) is 0 Å². The topological polar surface area (TPSA) is 62.2 Å². The zero-order valence-electron chi connectivity index (χ0n) is 11.5. The minimum atomic E-state index is -0.276. The lowest BCUT2D eigenvalue weighted by molar-refractivity contribution is 0.102. The Morgan fingerprint density at radius 3 is 2.76 bits per heavy atom. The second-order valence-corrected chi connectivity index (χ2v) is 4.87. The number of fused-ring (bicyclic) bond motifs is 1. The van der Waals surface area contributed by atoms with Crippen molar-refractivity contribution in [3.8, 4) is 5.75 Å². The maximum atomic E-state index is 12.2. The molecule has 1 heterocycles. The number of amides is 1. The van der Waals surface area contributed by atoms with Crippen LogP contribution in [-0.4, -0.2) is 16.0 Å². The zero-order valence-corrected chi connectivity index (χ0v) is 11.5. The quantitative estimate of drug-likeness (QED) is 0.754. The molecule has 1 amide bonds. The van der Waals surface area contributed by atoms with E-state index < -0.39 is 0 Å². The lowest BCUT2D eigenvalue weighted by Crippen LogP contribution is -2.12. The highest BCUT2D eigenvalue weighted by Gasteiger charge is 2.08. The van der Waals surface area contributed by atoms with Crippen molar-refractivity contribution in [1.82, 2.24) is 4.98 Å². The van der Waals surface area contributed by atoms with E-state index in [0.29, 0.717) is 11.3 Å². The number of nitrogens with one attached hydrogen (secondary N) is 1. The Morgan fingerprint density at radius 2 is 1.95 bits per heavy atom. The molecule has 0 fully saturated rings. The highest BCUT2D eigenvalue weighted by molar-refractivity contribution is 6.05. The molecule has 0 saturated carbocycles. The molecule has 2 aromatic carbocycles. The number of rotatable bonds is 2. The normalized spacial score (nSPS) is 10.5. The maximum absolute atomic E-state index is 12.2. The number of aromatic nitrogens is 1. The van der Waals surface area contributed by atoms with E-state index in [2.05, 4.69) is 10.3 Å². The number of aryl methyl sites for hydroxylation is 1. The fourth-order valence-electron chi connectivity index (χ4n) is 2.09. The number of aromatic hydroxyl groups is 1. The van der Waals surface area contributed by atoms with Crippen LogP contribution in [0.2, 0.25) is 0 Å². The largest absolute Gasteiger partial charge is 0.508 e. The number of pyridine rings is 1. The number of phenols is 1. The van der Waals surface area contributed by atoms with E-state index in [9.17, 15) is 9.90 Å².